The summed E-state index contributed by atoms with van der Waals surface area (Å²) >= 11 is 0. The van der Waals surface area contributed by atoms with Crippen LogP contribution in [0.25, 0.3) is 0 Å². The van der Waals surface area contributed by atoms with Crippen LogP contribution in [0, 0.1) is 5.92 Å². The van der Waals surface area contributed by atoms with Crippen molar-refractivity contribution >= 4 is 11.9 Å². The molecule has 0 saturated carbocycles. The summed E-state index contributed by atoms with van der Waals surface area (Å²) in [6.45, 7) is 5.33. The van der Waals surface area contributed by atoms with Crippen molar-refractivity contribution in [2.45, 2.75) is 26.3 Å². The normalized spacial score (nSPS) is 17.8. The number of anilines is 1. The Hall–Kier alpha value is -1.63. The van der Waals surface area contributed by atoms with Gasteiger partial charge in [-0.3, -0.25) is 9.89 Å². The number of carbonyl (C=O) groups is 1. The summed E-state index contributed by atoms with van der Waals surface area (Å²) in [7, 11) is 0. The number of hydrogen-bond donors (Lipinski definition) is 3. The van der Waals surface area contributed by atoms with Crippen LogP contribution in [0.15, 0.2) is 0 Å². The van der Waals surface area contributed by atoms with E-state index in [1.54, 1.807) is 0 Å². The minimum absolute atomic E-state index is 0.0108. The minimum atomic E-state index is -0.0108. The highest BCUT2D eigenvalue weighted by Gasteiger charge is 2.19. The highest BCUT2D eigenvalue weighted by atomic mass is 16.1. The first-order valence-corrected chi connectivity index (χ1v) is 6.32. The van der Waals surface area contributed by atoms with Gasteiger partial charge in [0.15, 0.2) is 0 Å². The molecule has 2 rings (SSSR count). The summed E-state index contributed by atoms with van der Waals surface area (Å²) < 4.78 is 0. The van der Waals surface area contributed by atoms with Crippen LogP contribution in [0.5, 0.6) is 0 Å². The third-order valence-electron chi connectivity index (χ3n) is 3.16. The van der Waals surface area contributed by atoms with Gasteiger partial charge in [-0.15, -0.1) is 5.10 Å². The molecule has 0 radical (unpaired) electrons. The first-order valence-electron chi connectivity index (χ1n) is 6.32. The molecular formula is C11H20N6O. The van der Waals surface area contributed by atoms with E-state index in [1.807, 2.05) is 6.92 Å². The van der Waals surface area contributed by atoms with Crippen molar-refractivity contribution in [3.8, 4) is 0 Å². The fraction of sp³-hybridized carbons (Fsp3) is 0.727. The maximum Gasteiger partial charge on any atom is 0.239 e. The molecule has 0 unspecified atom stereocenters. The molecule has 1 fully saturated rings. The predicted molar refractivity (Wildman–Crippen MR) is 67.5 cm³/mol. The zero-order valence-electron chi connectivity index (χ0n) is 10.6. The predicted octanol–water partition coefficient (Wildman–Crippen LogP) is -0.265. The van der Waals surface area contributed by atoms with Gasteiger partial charge in [-0.1, -0.05) is 6.92 Å². The van der Waals surface area contributed by atoms with Crippen molar-refractivity contribution in [2.75, 3.05) is 25.4 Å². The molecule has 7 nitrogen and oxygen atoms in total. The van der Waals surface area contributed by atoms with Gasteiger partial charge in [0.2, 0.25) is 11.9 Å². The van der Waals surface area contributed by atoms with Crippen LogP contribution in [-0.2, 0) is 11.3 Å². The highest BCUT2D eigenvalue weighted by Crippen LogP contribution is 2.10. The lowest BCUT2D eigenvalue weighted by molar-refractivity contribution is -0.125. The molecule has 0 aromatic carbocycles. The number of nitrogens with zero attached hydrogens (tertiary/aromatic N) is 3. The van der Waals surface area contributed by atoms with Crippen LogP contribution in [0.2, 0.25) is 0 Å². The van der Waals surface area contributed by atoms with Crippen molar-refractivity contribution in [1.82, 2.24) is 25.4 Å². The van der Waals surface area contributed by atoms with Crippen LogP contribution < -0.4 is 11.1 Å². The SMILES string of the molecule is C[C@H](CN1CCCC1)C(=O)NCc1nc(N)n[nH]1. The molecule has 1 saturated heterocycles. The molecule has 1 aromatic heterocycles. The number of likely N-dealkylation sites (tertiary alicyclic amines) is 1. The van der Waals surface area contributed by atoms with E-state index in [0.717, 1.165) is 19.6 Å². The second kappa shape index (κ2) is 5.81. The molecular weight excluding hydrogens is 232 g/mol. The summed E-state index contributed by atoms with van der Waals surface area (Å²) in [4.78, 5) is 18.1. The maximum absolute atomic E-state index is 11.9. The molecule has 1 aromatic rings. The fourth-order valence-corrected chi connectivity index (χ4v) is 2.17. The van der Waals surface area contributed by atoms with Crippen LogP contribution >= 0.6 is 0 Å². The Balaban J connectivity index is 1.73. The van der Waals surface area contributed by atoms with E-state index in [4.69, 9.17) is 5.73 Å². The molecule has 0 spiro atoms. The van der Waals surface area contributed by atoms with Gasteiger partial charge in [0.25, 0.3) is 0 Å². The molecule has 4 N–H and O–H groups in total. The van der Waals surface area contributed by atoms with Gasteiger partial charge in [-0.05, 0) is 25.9 Å². The zero-order valence-corrected chi connectivity index (χ0v) is 10.6. The maximum atomic E-state index is 11.9. The average molecular weight is 252 g/mol. The van der Waals surface area contributed by atoms with Gasteiger partial charge >= 0.3 is 0 Å². The van der Waals surface area contributed by atoms with Gasteiger partial charge in [0, 0.05) is 12.5 Å². The third-order valence-corrected chi connectivity index (χ3v) is 3.16. The first kappa shape index (κ1) is 12.8. The Kier molecular flexibility index (Phi) is 4.14. The Morgan fingerprint density at radius 1 is 1.56 bits per heavy atom. The molecule has 1 aliphatic heterocycles. The number of nitrogen functional groups attached to an aromatic ring is 1. The second-order valence-electron chi connectivity index (χ2n) is 4.77. The molecule has 100 valence electrons. The largest absolute Gasteiger partial charge is 0.367 e. The average Bonchev–Trinajstić information content (AvgIpc) is 2.97. The third kappa shape index (κ3) is 3.43. The zero-order chi connectivity index (χ0) is 13.0. The standard InChI is InChI=1S/C11H20N6O/c1-8(7-17-4-2-3-5-17)10(18)13-6-9-14-11(12)16-15-9/h8H,2-7H2,1H3,(H,13,18)(H3,12,14,15,16)/t8-/m1/s1. The van der Waals surface area contributed by atoms with E-state index >= 15 is 0 Å². The number of nitrogens with two attached hydrogens (primary N) is 1. The van der Waals surface area contributed by atoms with E-state index in [0.29, 0.717) is 12.4 Å². The van der Waals surface area contributed by atoms with Crippen molar-refractivity contribution in [1.29, 1.82) is 0 Å². The van der Waals surface area contributed by atoms with E-state index < -0.39 is 0 Å². The van der Waals surface area contributed by atoms with Crippen LogP contribution in [0.4, 0.5) is 5.95 Å². The van der Waals surface area contributed by atoms with Gasteiger partial charge in [-0.2, -0.15) is 4.98 Å². The smallest absolute Gasteiger partial charge is 0.239 e. The van der Waals surface area contributed by atoms with E-state index in [9.17, 15) is 4.79 Å². The fourth-order valence-electron chi connectivity index (χ4n) is 2.17. The highest BCUT2D eigenvalue weighted by molar-refractivity contribution is 5.78. The summed E-state index contributed by atoms with van der Waals surface area (Å²) in [5.41, 5.74) is 5.38. The van der Waals surface area contributed by atoms with Crippen molar-refractivity contribution < 1.29 is 4.79 Å². The quantitative estimate of drug-likeness (QED) is 0.670. The van der Waals surface area contributed by atoms with E-state index in [1.165, 1.54) is 12.8 Å². The monoisotopic (exact) mass is 252 g/mol. The first-order chi connectivity index (χ1) is 8.65. The molecule has 1 amide bonds. The molecule has 7 heteroatoms. The molecule has 1 aliphatic rings. The Bertz CT molecular complexity index is 398. The van der Waals surface area contributed by atoms with Crippen LogP contribution in [-0.4, -0.2) is 45.6 Å². The van der Waals surface area contributed by atoms with E-state index in [2.05, 4.69) is 25.4 Å². The van der Waals surface area contributed by atoms with Crippen LogP contribution in [0.1, 0.15) is 25.6 Å². The number of amides is 1. The number of rotatable bonds is 5. The number of carbonyl (C=O) groups excluding carboxylic acids is 1. The van der Waals surface area contributed by atoms with Crippen LogP contribution in [0.3, 0.4) is 0 Å². The Morgan fingerprint density at radius 3 is 2.89 bits per heavy atom. The van der Waals surface area contributed by atoms with Crippen molar-refractivity contribution in [3.05, 3.63) is 5.82 Å². The topological polar surface area (TPSA) is 99.9 Å². The van der Waals surface area contributed by atoms with Crippen molar-refractivity contribution in [2.24, 2.45) is 5.92 Å². The molecule has 0 aliphatic carbocycles. The van der Waals surface area contributed by atoms with Gasteiger partial charge in [-0.25, -0.2) is 0 Å². The number of H-pyrrole nitrogens is 1. The van der Waals surface area contributed by atoms with Crippen molar-refractivity contribution in [3.63, 3.8) is 0 Å². The second-order valence-corrected chi connectivity index (χ2v) is 4.77. The molecule has 0 bridgehead atoms. The molecule has 1 atom stereocenters. The number of hydrogen-bond acceptors (Lipinski definition) is 5. The Labute approximate surface area is 106 Å². The molecule has 2 heterocycles. The Morgan fingerprint density at radius 2 is 2.28 bits per heavy atom. The summed E-state index contributed by atoms with van der Waals surface area (Å²) in [5.74, 6) is 0.804. The summed E-state index contributed by atoms with van der Waals surface area (Å²) in [5, 5.41) is 9.20. The number of nitrogens with one attached hydrogen (secondary N) is 2. The van der Waals surface area contributed by atoms with Gasteiger partial charge in [0.1, 0.15) is 5.82 Å². The van der Waals surface area contributed by atoms with E-state index in [-0.39, 0.29) is 17.8 Å². The lowest BCUT2D eigenvalue weighted by Crippen LogP contribution is -2.36. The molecule has 18 heavy (non-hydrogen) atoms. The lowest BCUT2D eigenvalue weighted by atomic mass is 10.1. The minimum Gasteiger partial charge on any atom is -0.367 e. The number of aromatic nitrogens is 3. The van der Waals surface area contributed by atoms with Gasteiger partial charge < -0.3 is 16.0 Å². The lowest BCUT2D eigenvalue weighted by Gasteiger charge is -2.19. The summed E-state index contributed by atoms with van der Waals surface area (Å²) in [6.07, 6.45) is 2.48. The summed E-state index contributed by atoms with van der Waals surface area (Å²) in [6, 6.07) is 0. The van der Waals surface area contributed by atoms with Gasteiger partial charge in [0.05, 0.1) is 6.54 Å². The number of aromatic amines is 1.